The maximum absolute atomic E-state index is 13.0. The molecule has 1 aromatic heterocycles. The molecule has 4 aromatic carbocycles. The van der Waals surface area contributed by atoms with Gasteiger partial charge in [0.1, 0.15) is 5.60 Å². The maximum Gasteiger partial charge on any atom is 0.338 e. The number of carbonyl (C=O) groups is 2. The molecule has 8 heteroatoms. The van der Waals surface area contributed by atoms with Crippen LogP contribution in [0.25, 0.3) is 22.0 Å². The highest BCUT2D eigenvalue weighted by atomic mass is 16.6. The van der Waals surface area contributed by atoms with Crippen LogP contribution in [0.5, 0.6) is 0 Å². The van der Waals surface area contributed by atoms with Crippen LogP contribution in [0.2, 0.25) is 0 Å². The molecule has 0 aliphatic rings. The summed E-state index contributed by atoms with van der Waals surface area (Å²) in [5.41, 5.74) is 5.37. The second-order valence-electron chi connectivity index (χ2n) is 11.5. The lowest BCUT2D eigenvalue weighted by atomic mass is 10.0. The number of ether oxygens (including phenoxy) is 1. The largest absolute Gasteiger partial charge is 0.456 e. The lowest BCUT2D eigenvalue weighted by molar-refractivity contribution is -0.384. The van der Waals surface area contributed by atoms with E-state index in [1.165, 1.54) is 12.1 Å². The van der Waals surface area contributed by atoms with Gasteiger partial charge in [-0.15, -0.1) is 0 Å². The first kappa shape index (κ1) is 29.3. The van der Waals surface area contributed by atoms with Gasteiger partial charge >= 0.3 is 5.97 Å². The molecular formula is C35H33N3O5. The number of hydrogen-bond donors (Lipinski definition) is 1. The zero-order valence-electron chi connectivity index (χ0n) is 24.5. The van der Waals surface area contributed by atoms with E-state index in [4.69, 9.17) is 4.74 Å². The number of amides is 1. The van der Waals surface area contributed by atoms with Gasteiger partial charge in [0.2, 0.25) is 0 Å². The van der Waals surface area contributed by atoms with Crippen LogP contribution < -0.4 is 5.32 Å². The fourth-order valence-electron chi connectivity index (χ4n) is 4.89. The predicted octanol–water partition coefficient (Wildman–Crippen LogP) is 7.71. The second kappa shape index (κ2) is 11.9. The highest BCUT2D eigenvalue weighted by molar-refractivity contribution is 5.98. The number of carbonyl (C=O) groups excluding carboxylic acids is 2. The number of nitrogens with zero attached hydrogens (tertiary/aromatic N) is 2. The van der Waals surface area contributed by atoms with Crippen LogP contribution in [0.4, 0.5) is 5.69 Å². The van der Waals surface area contributed by atoms with Gasteiger partial charge in [-0.25, -0.2) is 4.79 Å². The zero-order valence-corrected chi connectivity index (χ0v) is 24.5. The third-order valence-corrected chi connectivity index (χ3v) is 7.12. The van der Waals surface area contributed by atoms with Crippen molar-refractivity contribution in [3.05, 3.63) is 136 Å². The Balaban J connectivity index is 1.25. The summed E-state index contributed by atoms with van der Waals surface area (Å²) in [5.74, 6) is -0.558. The van der Waals surface area contributed by atoms with Crippen molar-refractivity contribution < 1.29 is 19.2 Å². The molecule has 8 nitrogen and oxygen atoms in total. The van der Waals surface area contributed by atoms with Crippen molar-refractivity contribution in [1.82, 2.24) is 9.88 Å². The minimum atomic E-state index is -0.554. The van der Waals surface area contributed by atoms with Crippen LogP contribution in [0, 0.1) is 10.1 Å². The zero-order chi connectivity index (χ0) is 30.7. The lowest BCUT2D eigenvalue weighted by Crippen LogP contribution is -2.26. The topological polar surface area (TPSA) is 103 Å². The standard InChI is InChI=1S/C35H33N3O5/c1-23(25-12-15-31(16-13-25)38(41)42)36-33(39)29-14-17-32-28(21-29)18-19-37(32)22-24-8-10-26(11-9-24)27-6-5-7-30(20-27)34(40)43-35(2,3)4/h5-21,23H,22H2,1-4H3,(H,36,39)/t23-/m0/s1. The molecule has 1 amide bonds. The Morgan fingerprint density at radius 2 is 1.60 bits per heavy atom. The third kappa shape index (κ3) is 6.98. The first-order valence-electron chi connectivity index (χ1n) is 14.0. The minimum absolute atomic E-state index is 0.0123. The number of non-ortho nitro benzene ring substituents is 1. The molecule has 0 saturated heterocycles. The number of rotatable bonds is 8. The number of hydrogen-bond acceptors (Lipinski definition) is 5. The SMILES string of the molecule is C[C@H](NC(=O)c1ccc2c(ccn2Cc2ccc(-c3cccc(C(=O)OC(C)(C)C)c3)cc2)c1)c1ccc([N+](=O)[O-])cc1. The van der Waals surface area contributed by atoms with Crippen molar-refractivity contribution in [3.63, 3.8) is 0 Å². The van der Waals surface area contributed by atoms with Crippen LogP contribution >= 0.6 is 0 Å². The van der Waals surface area contributed by atoms with Crippen molar-refractivity contribution in [3.8, 4) is 11.1 Å². The maximum atomic E-state index is 13.0. The molecule has 218 valence electrons. The van der Waals surface area contributed by atoms with Crippen LogP contribution in [-0.2, 0) is 11.3 Å². The highest BCUT2D eigenvalue weighted by Crippen LogP contribution is 2.25. The van der Waals surface area contributed by atoms with Gasteiger partial charge < -0.3 is 14.6 Å². The summed E-state index contributed by atoms with van der Waals surface area (Å²) in [7, 11) is 0. The molecule has 0 aliphatic carbocycles. The van der Waals surface area contributed by atoms with Gasteiger partial charge in [0, 0.05) is 41.3 Å². The molecule has 43 heavy (non-hydrogen) atoms. The number of benzene rings is 4. The van der Waals surface area contributed by atoms with Gasteiger partial charge in [-0.05, 0) is 86.3 Å². The monoisotopic (exact) mass is 575 g/mol. The van der Waals surface area contributed by atoms with Gasteiger partial charge in [-0.3, -0.25) is 14.9 Å². The normalized spacial score (nSPS) is 12.1. The van der Waals surface area contributed by atoms with Crippen LogP contribution in [0.3, 0.4) is 0 Å². The van der Waals surface area contributed by atoms with Gasteiger partial charge in [-0.1, -0.05) is 48.5 Å². The van der Waals surface area contributed by atoms with Crippen molar-refractivity contribution >= 4 is 28.5 Å². The predicted molar refractivity (Wildman–Crippen MR) is 167 cm³/mol. The quantitative estimate of drug-likeness (QED) is 0.116. The van der Waals surface area contributed by atoms with E-state index in [2.05, 4.69) is 22.0 Å². The Morgan fingerprint density at radius 3 is 2.28 bits per heavy atom. The Hall–Kier alpha value is -5.24. The molecule has 0 unspecified atom stereocenters. The van der Waals surface area contributed by atoms with E-state index in [1.807, 2.05) is 82.4 Å². The van der Waals surface area contributed by atoms with Gasteiger partial charge in [0.05, 0.1) is 16.5 Å². The average Bonchev–Trinajstić information content (AvgIpc) is 3.38. The molecule has 5 aromatic rings. The molecule has 0 spiro atoms. The number of esters is 1. The molecule has 5 rings (SSSR count). The number of aromatic nitrogens is 1. The number of nitro groups is 1. The molecule has 0 bridgehead atoms. The minimum Gasteiger partial charge on any atom is -0.456 e. The van der Waals surface area contributed by atoms with Crippen molar-refractivity contribution in [2.45, 2.75) is 45.9 Å². The van der Waals surface area contributed by atoms with Gasteiger partial charge in [-0.2, -0.15) is 0 Å². The summed E-state index contributed by atoms with van der Waals surface area (Å²) in [6.07, 6.45) is 2.00. The van der Waals surface area contributed by atoms with E-state index in [0.29, 0.717) is 17.7 Å². The van der Waals surface area contributed by atoms with E-state index in [9.17, 15) is 19.7 Å². The first-order valence-corrected chi connectivity index (χ1v) is 14.0. The summed E-state index contributed by atoms with van der Waals surface area (Å²) in [6.45, 7) is 8.06. The van der Waals surface area contributed by atoms with Gasteiger partial charge in [0.15, 0.2) is 0 Å². The molecule has 0 radical (unpaired) electrons. The Labute approximate surface area is 250 Å². The number of nitrogens with one attached hydrogen (secondary N) is 1. The van der Waals surface area contributed by atoms with E-state index in [-0.39, 0.29) is 23.6 Å². The Morgan fingerprint density at radius 1 is 0.884 bits per heavy atom. The van der Waals surface area contributed by atoms with Crippen LogP contribution in [0.1, 0.15) is 65.6 Å². The highest BCUT2D eigenvalue weighted by Gasteiger charge is 2.18. The number of fused-ring (bicyclic) bond motifs is 1. The van der Waals surface area contributed by atoms with E-state index < -0.39 is 10.5 Å². The van der Waals surface area contributed by atoms with Crippen LogP contribution in [0.15, 0.2) is 103 Å². The molecular weight excluding hydrogens is 542 g/mol. The summed E-state index contributed by atoms with van der Waals surface area (Å²) in [6, 6.07) is 29.1. The van der Waals surface area contributed by atoms with Crippen molar-refractivity contribution in [2.24, 2.45) is 0 Å². The molecule has 1 heterocycles. The fraction of sp³-hybridized carbons (Fsp3) is 0.200. The fourth-order valence-corrected chi connectivity index (χ4v) is 4.89. The summed E-state index contributed by atoms with van der Waals surface area (Å²) >= 11 is 0. The average molecular weight is 576 g/mol. The van der Waals surface area contributed by atoms with Crippen molar-refractivity contribution in [2.75, 3.05) is 0 Å². The lowest BCUT2D eigenvalue weighted by Gasteiger charge is -2.19. The molecule has 0 fully saturated rings. The number of nitro benzene ring substituents is 1. The Bertz CT molecular complexity index is 1800. The van der Waals surface area contributed by atoms with Gasteiger partial charge in [0.25, 0.3) is 11.6 Å². The Kier molecular flexibility index (Phi) is 8.12. The van der Waals surface area contributed by atoms with E-state index in [1.54, 1.807) is 24.3 Å². The van der Waals surface area contributed by atoms with E-state index >= 15 is 0 Å². The molecule has 1 N–H and O–H groups in total. The second-order valence-corrected chi connectivity index (χ2v) is 11.5. The summed E-state index contributed by atoms with van der Waals surface area (Å²) < 4.78 is 7.64. The summed E-state index contributed by atoms with van der Waals surface area (Å²) in [5, 5.41) is 14.8. The first-order chi connectivity index (χ1) is 20.5. The van der Waals surface area contributed by atoms with Crippen LogP contribution in [-0.4, -0.2) is 27.0 Å². The molecule has 1 atom stereocenters. The third-order valence-electron chi connectivity index (χ3n) is 7.12. The summed E-state index contributed by atoms with van der Waals surface area (Å²) in [4.78, 5) is 35.9. The molecule has 0 aliphatic heterocycles. The smallest absolute Gasteiger partial charge is 0.338 e. The molecule has 0 saturated carbocycles. The van der Waals surface area contributed by atoms with Crippen molar-refractivity contribution in [1.29, 1.82) is 0 Å². The van der Waals surface area contributed by atoms with E-state index in [0.717, 1.165) is 33.2 Å².